The van der Waals surface area contributed by atoms with Crippen LogP contribution < -0.4 is 4.90 Å². The molecule has 0 N–H and O–H groups in total. The summed E-state index contributed by atoms with van der Waals surface area (Å²) in [6, 6.07) is 72.3. The summed E-state index contributed by atoms with van der Waals surface area (Å²) in [5.41, 5.74) is 16.7. The van der Waals surface area contributed by atoms with E-state index >= 15 is 0 Å². The highest BCUT2D eigenvalue weighted by molar-refractivity contribution is 6.18. The maximum Gasteiger partial charge on any atom is 0.143 e. The van der Waals surface area contributed by atoms with E-state index in [4.69, 9.17) is 8.83 Å². The van der Waals surface area contributed by atoms with Crippen LogP contribution in [0.5, 0.6) is 0 Å². The Kier molecular flexibility index (Phi) is 7.36. The van der Waals surface area contributed by atoms with Crippen LogP contribution in [0.15, 0.2) is 209 Å². The lowest BCUT2D eigenvalue weighted by Crippen LogP contribution is -2.14. The van der Waals surface area contributed by atoms with Gasteiger partial charge in [-0.05, 0) is 98.2 Å². The van der Waals surface area contributed by atoms with Crippen molar-refractivity contribution >= 4 is 82.5 Å². The van der Waals surface area contributed by atoms with Gasteiger partial charge >= 0.3 is 0 Å². The summed E-state index contributed by atoms with van der Waals surface area (Å²) in [6.07, 6.45) is 0. The number of furan rings is 2. The molecular formula is C59H39NO2. The van der Waals surface area contributed by atoms with Gasteiger partial charge in [0.1, 0.15) is 22.3 Å². The monoisotopic (exact) mass is 793 g/mol. The fourth-order valence-corrected chi connectivity index (χ4v) is 10.4. The van der Waals surface area contributed by atoms with Crippen LogP contribution in [0.2, 0.25) is 0 Å². The third-order valence-corrected chi connectivity index (χ3v) is 13.5. The summed E-state index contributed by atoms with van der Waals surface area (Å²) in [6.45, 7) is 4.68. The zero-order valence-electron chi connectivity index (χ0n) is 34.3. The van der Waals surface area contributed by atoms with Crippen molar-refractivity contribution in [3.8, 4) is 33.4 Å². The summed E-state index contributed by atoms with van der Waals surface area (Å²) in [4.78, 5) is 2.33. The Morgan fingerprint density at radius 1 is 0.355 bits per heavy atom. The van der Waals surface area contributed by atoms with E-state index in [1.54, 1.807) is 0 Å². The molecule has 292 valence electrons. The standard InChI is InChI=1S/C59H39NO2/c1-59(2)52-19-8-7-15-51(52)55-43(16-10-20-53(55)59)38-21-27-40(28-22-38)60(42-31-34-47-49-32-25-36-11-3-5-13-44(36)56(49)61-54(47)35-42)41-29-23-39(24-30-41)46-17-9-18-48-50-33-26-37-12-4-6-14-45(37)58(50)62-57(46)48/h3-35H,1-2H3. The van der Waals surface area contributed by atoms with Crippen LogP contribution in [-0.2, 0) is 5.41 Å². The van der Waals surface area contributed by atoms with Crippen LogP contribution in [0.25, 0.3) is 98.8 Å². The SMILES string of the molecule is CC1(C)c2ccccc2-c2c(-c3ccc(N(c4ccc(-c5cccc6c5oc5c7ccccc7ccc65)cc4)c4ccc5c(c4)oc4c6ccccc6ccc54)cc3)cccc21. The molecule has 12 aromatic rings. The summed E-state index contributed by atoms with van der Waals surface area (Å²) in [5.74, 6) is 0. The fourth-order valence-electron chi connectivity index (χ4n) is 10.4. The zero-order valence-corrected chi connectivity index (χ0v) is 34.3. The number of fused-ring (bicyclic) bond motifs is 13. The van der Waals surface area contributed by atoms with E-state index < -0.39 is 0 Å². The predicted molar refractivity (Wildman–Crippen MR) is 259 cm³/mol. The highest BCUT2D eigenvalue weighted by Crippen LogP contribution is 2.52. The fraction of sp³-hybridized carbons (Fsp3) is 0.0508. The quantitative estimate of drug-likeness (QED) is 0.174. The normalized spacial score (nSPS) is 13.1. The molecule has 1 aliphatic rings. The third-order valence-electron chi connectivity index (χ3n) is 13.5. The molecule has 3 heteroatoms. The van der Waals surface area contributed by atoms with Gasteiger partial charge in [0.15, 0.2) is 0 Å². The largest absolute Gasteiger partial charge is 0.455 e. The molecule has 0 aliphatic heterocycles. The van der Waals surface area contributed by atoms with Gasteiger partial charge in [0.2, 0.25) is 0 Å². The lowest BCUT2D eigenvalue weighted by Gasteiger charge is -2.26. The van der Waals surface area contributed by atoms with Gasteiger partial charge < -0.3 is 13.7 Å². The predicted octanol–water partition coefficient (Wildman–Crippen LogP) is 16.9. The van der Waals surface area contributed by atoms with Crippen molar-refractivity contribution in [2.75, 3.05) is 4.90 Å². The topological polar surface area (TPSA) is 29.5 Å². The molecule has 10 aromatic carbocycles. The highest BCUT2D eigenvalue weighted by atomic mass is 16.3. The van der Waals surface area contributed by atoms with Crippen molar-refractivity contribution in [1.82, 2.24) is 0 Å². The molecule has 0 atom stereocenters. The molecule has 0 radical (unpaired) electrons. The Hall–Kier alpha value is -7.88. The first kappa shape index (κ1) is 34.9. The van der Waals surface area contributed by atoms with Crippen LogP contribution in [0.1, 0.15) is 25.0 Å². The lowest BCUT2D eigenvalue weighted by molar-refractivity contribution is 0.660. The van der Waals surface area contributed by atoms with E-state index in [1.807, 2.05) is 0 Å². The number of hydrogen-bond donors (Lipinski definition) is 0. The van der Waals surface area contributed by atoms with E-state index in [0.717, 1.165) is 82.8 Å². The van der Waals surface area contributed by atoms with Crippen molar-refractivity contribution in [3.05, 3.63) is 211 Å². The minimum Gasteiger partial charge on any atom is -0.455 e. The second kappa shape index (κ2) is 13.1. The molecule has 2 heterocycles. The first-order chi connectivity index (χ1) is 30.5. The lowest BCUT2D eigenvalue weighted by atomic mass is 9.82. The number of hydrogen-bond acceptors (Lipinski definition) is 3. The van der Waals surface area contributed by atoms with E-state index in [2.05, 4.69) is 219 Å². The molecule has 0 bridgehead atoms. The van der Waals surface area contributed by atoms with Crippen molar-refractivity contribution < 1.29 is 8.83 Å². The highest BCUT2D eigenvalue weighted by Gasteiger charge is 2.36. The Bertz CT molecular complexity index is 3770. The number of benzene rings is 10. The average molecular weight is 794 g/mol. The Balaban J connectivity index is 0.946. The molecule has 3 nitrogen and oxygen atoms in total. The number of para-hydroxylation sites is 1. The summed E-state index contributed by atoms with van der Waals surface area (Å²) in [5, 5.41) is 9.08. The van der Waals surface area contributed by atoms with Crippen LogP contribution in [0.3, 0.4) is 0 Å². The van der Waals surface area contributed by atoms with Gasteiger partial charge in [-0.2, -0.15) is 0 Å². The zero-order chi connectivity index (χ0) is 41.1. The number of anilines is 3. The van der Waals surface area contributed by atoms with Gasteiger partial charge in [-0.15, -0.1) is 0 Å². The van der Waals surface area contributed by atoms with Crippen LogP contribution in [0, 0.1) is 0 Å². The third kappa shape index (κ3) is 5.06. The molecule has 1 aliphatic carbocycles. The van der Waals surface area contributed by atoms with Gasteiger partial charge in [0, 0.05) is 66.4 Å². The van der Waals surface area contributed by atoms with Crippen molar-refractivity contribution in [2.24, 2.45) is 0 Å². The molecule has 0 amide bonds. The second-order valence-electron chi connectivity index (χ2n) is 17.2. The summed E-state index contributed by atoms with van der Waals surface area (Å²) < 4.78 is 13.5. The summed E-state index contributed by atoms with van der Waals surface area (Å²) >= 11 is 0. The minimum atomic E-state index is -0.0588. The maximum absolute atomic E-state index is 6.75. The van der Waals surface area contributed by atoms with Crippen molar-refractivity contribution in [1.29, 1.82) is 0 Å². The van der Waals surface area contributed by atoms with Crippen molar-refractivity contribution in [2.45, 2.75) is 19.3 Å². The Labute approximate surface area is 358 Å². The van der Waals surface area contributed by atoms with E-state index in [-0.39, 0.29) is 5.41 Å². The van der Waals surface area contributed by atoms with Gasteiger partial charge in [-0.25, -0.2) is 0 Å². The smallest absolute Gasteiger partial charge is 0.143 e. The maximum atomic E-state index is 6.75. The summed E-state index contributed by atoms with van der Waals surface area (Å²) in [7, 11) is 0. The van der Waals surface area contributed by atoms with Gasteiger partial charge in [-0.3, -0.25) is 0 Å². The Morgan fingerprint density at radius 3 is 1.58 bits per heavy atom. The van der Waals surface area contributed by atoms with Crippen LogP contribution >= 0.6 is 0 Å². The molecule has 2 aromatic heterocycles. The molecule has 0 saturated carbocycles. The molecule has 13 rings (SSSR count). The molecule has 0 fully saturated rings. The molecular weight excluding hydrogens is 755 g/mol. The molecule has 0 spiro atoms. The molecule has 62 heavy (non-hydrogen) atoms. The first-order valence-electron chi connectivity index (χ1n) is 21.4. The van der Waals surface area contributed by atoms with Crippen LogP contribution in [-0.4, -0.2) is 0 Å². The van der Waals surface area contributed by atoms with Gasteiger partial charge in [-0.1, -0.05) is 159 Å². The average Bonchev–Trinajstić information content (AvgIpc) is 3.97. The van der Waals surface area contributed by atoms with Crippen molar-refractivity contribution in [3.63, 3.8) is 0 Å². The minimum absolute atomic E-state index is 0.0588. The first-order valence-corrected chi connectivity index (χ1v) is 21.4. The second-order valence-corrected chi connectivity index (χ2v) is 17.2. The van der Waals surface area contributed by atoms with E-state index in [1.165, 1.54) is 44.2 Å². The van der Waals surface area contributed by atoms with E-state index in [0.29, 0.717) is 0 Å². The van der Waals surface area contributed by atoms with Gasteiger partial charge in [0.05, 0.1) is 0 Å². The van der Waals surface area contributed by atoms with Gasteiger partial charge in [0.25, 0.3) is 0 Å². The Morgan fingerprint density at radius 2 is 0.855 bits per heavy atom. The number of nitrogens with zero attached hydrogens (tertiary/aromatic N) is 1. The van der Waals surface area contributed by atoms with E-state index in [9.17, 15) is 0 Å². The van der Waals surface area contributed by atoms with Crippen LogP contribution in [0.4, 0.5) is 17.1 Å². The molecule has 0 saturated heterocycles. The molecule has 0 unspecified atom stereocenters. The number of rotatable bonds is 5.